The highest BCUT2D eigenvalue weighted by Crippen LogP contribution is 2.24. The number of benzene rings is 1. The van der Waals surface area contributed by atoms with Crippen molar-refractivity contribution in [3.8, 4) is 22.5 Å². The smallest absolute Gasteiger partial charge is 0.206 e. The van der Waals surface area contributed by atoms with Gasteiger partial charge in [-0.3, -0.25) is 4.98 Å². The Morgan fingerprint density at radius 3 is 2.74 bits per heavy atom. The van der Waals surface area contributed by atoms with Gasteiger partial charge in [-0.2, -0.15) is 5.26 Å². The molecule has 2 aromatic heterocycles. The summed E-state index contributed by atoms with van der Waals surface area (Å²) in [5, 5.41) is 21.6. The molecule has 0 aliphatic carbocycles. The fourth-order valence-electron chi connectivity index (χ4n) is 1.84. The lowest BCUT2D eigenvalue weighted by Crippen LogP contribution is -2.11. The van der Waals surface area contributed by atoms with E-state index in [9.17, 15) is 0 Å². The molecule has 6 nitrogen and oxygen atoms in total. The fraction of sp³-hybridized carbons (Fsp3) is 0.125. The topological polar surface area (TPSA) is 83.7 Å². The molecule has 0 amide bonds. The second-order valence-corrected chi connectivity index (χ2v) is 5.52. The van der Waals surface area contributed by atoms with E-state index in [0.717, 1.165) is 21.6 Å². The molecule has 0 radical (unpaired) electrons. The van der Waals surface area contributed by atoms with Crippen LogP contribution in [0.1, 0.15) is 5.56 Å². The maximum Gasteiger partial charge on any atom is 0.206 e. The Kier molecular flexibility index (Phi) is 4.76. The van der Waals surface area contributed by atoms with E-state index in [1.807, 2.05) is 18.2 Å². The van der Waals surface area contributed by atoms with Gasteiger partial charge in [0, 0.05) is 6.20 Å². The summed E-state index contributed by atoms with van der Waals surface area (Å²) in [6.07, 6.45) is 1.73. The Morgan fingerprint density at radius 1 is 1.13 bits per heavy atom. The summed E-state index contributed by atoms with van der Waals surface area (Å²) in [5.41, 5.74) is 1.43. The SMILES string of the molecule is N#Cc1ccc(OCCNc2nnc(-c3ccccn3)s2)cc1. The summed E-state index contributed by atoms with van der Waals surface area (Å²) >= 11 is 1.45. The predicted molar refractivity (Wildman–Crippen MR) is 88.3 cm³/mol. The van der Waals surface area contributed by atoms with Crippen molar-refractivity contribution in [2.24, 2.45) is 0 Å². The zero-order chi connectivity index (χ0) is 15.9. The zero-order valence-electron chi connectivity index (χ0n) is 12.1. The van der Waals surface area contributed by atoms with Crippen molar-refractivity contribution in [2.45, 2.75) is 0 Å². The molecule has 0 fully saturated rings. The van der Waals surface area contributed by atoms with E-state index in [1.54, 1.807) is 30.5 Å². The van der Waals surface area contributed by atoms with Gasteiger partial charge in [0.05, 0.1) is 18.2 Å². The molecule has 1 aromatic carbocycles. The molecule has 2 heterocycles. The number of nitriles is 1. The van der Waals surface area contributed by atoms with Gasteiger partial charge in [0.1, 0.15) is 18.1 Å². The Hall–Kier alpha value is -2.98. The van der Waals surface area contributed by atoms with E-state index in [-0.39, 0.29) is 0 Å². The molecule has 0 saturated carbocycles. The maximum absolute atomic E-state index is 8.74. The third kappa shape index (κ3) is 4.02. The summed E-state index contributed by atoms with van der Waals surface area (Å²) in [6, 6.07) is 14.8. The van der Waals surface area contributed by atoms with Crippen LogP contribution in [-0.2, 0) is 0 Å². The molecule has 0 atom stereocenters. The molecule has 0 aliphatic rings. The van der Waals surface area contributed by atoms with Crippen molar-refractivity contribution in [1.29, 1.82) is 5.26 Å². The van der Waals surface area contributed by atoms with Gasteiger partial charge in [-0.05, 0) is 36.4 Å². The molecular weight excluding hydrogens is 310 g/mol. The van der Waals surface area contributed by atoms with Gasteiger partial charge >= 0.3 is 0 Å². The summed E-state index contributed by atoms with van der Waals surface area (Å²) in [5.74, 6) is 0.734. The van der Waals surface area contributed by atoms with Gasteiger partial charge in [-0.1, -0.05) is 17.4 Å². The number of anilines is 1. The van der Waals surface area contributed by atoms with Crippen LogP contribution in [0.3, 0.4) is 0 Å². The lowest BCUT2D eigenvalue weighted by molar-refractivity contribution is 0.333. The number of hydrogen-bond acceptors (Lipinski definition) is 7. The van der Waals surface area contributed by atoms with E-state index in [0.29, 0.717) is 18.7 Å². The molecule has 0 bridgehead atoms. The molecule has 3 aromatic rings. The minimum absolute atomic E-state index is 0.490. The Balaban J connectivity index is 1.47. The first-order chi connectivity index (χ1) is 11.3. The molecule has 1 N–H and O–H groups in total. The van der Waals surface area contributed by atoms with Gasteiger partial charge < -0.3 is 10.1 Å². The average molecular weight is 323 g/mol. The number of nitrogens with one attached hydrogen (secondary N) is 1. The minimum atomic E-state index is 0.490. The average Bonchev–Trinajstić information content (AvgIpc) is 3.09. The molecule has 0 saturated heterocycles. The zero-order valence-corrected chi connectivity index (χ0v) is 13.0. The third-order valence-corrected chi connectivity index (χ3v) is 3.84. The van der Waals surface area contributed by atoms with E-state index in [2.05, 4.69) is 26.6 Å². The largest absolute Gasteiger partial charge is 0.492 e. The standard InChI is InChI=1S/C16H13N5OS/c17-11-12-4-6-13(7-5-12)22-10-9-19-16-21-20-15(23-16)14-3-1-2-8-18-14/h1-8H,9-10H2,(H,19,21). The van der Waals surface area contributed by atoms with Crippen LogP contribution in [0, 0.1) is 11.3 Å². The van der Waals surface area contributed by atoms with Gasteiger partial charge in [0.2, 0.25) is 5.13 Å². The Bertz CT molecular complexity index is 795. The molecule has 0 aliphatic heterocycles. The first kappa shape index (κ1) is 14.9. The summed E-state index contributed by atoms with van der Waals surface area (Å²) in [4.78, 5) is 4.25. The van der Waals surface area contributed by atoms with Gasteiger partial charge in [0.15, 0.2) is 5.01 Å². The van der Waals surface area contributed by atoms with Crippen LogP contribution in [0.2, 0.25) is 0 Å². The van der Waals surface area contributed by atoms with Gasteiger partial charge in [0.25, 0.3) is 0 Å². The highest BCUT2D eigenvalue weighted by Gasteiger charge is 2.06. The maximum atomic E-state index is 8.74. The first-order valence-electron chi connectivity index (χ1n) is 6.97. The molecule has 114 valence electrons. The van der Waals surface area contributed by atoms with Crippen molar-refractivity contribution in [3.05, 3.63) is 54.2 Å². The lowest BCUT2D eigenvalue weighted by atomic mass is 10.2. The van der Waals surface area contributed by atoms with Crippen LogP contribution in [0.4, 0.5) is 5.13 Å². The summed E-state index contributed by atoms with van der Waals surface area (Å²) in [6.45, 7) is 1.10. The second kappa shape index (κ2) is 7.33. The quantitative estimate of drug-likeness (QED) is 0.702. The minimum Gasteiger partial charge on any atom is -0.492 e. The molecular formula is C16H13N5OS. The van der Waals surface area contributed by atoms with Gasteiger partial charge in [-0.25, -0.2) is 0 Å². The van der Waals surface area contributed by atoms with Crippen LogP contribution in [0.15, 0.2) is 48.7 Å². The fourth-order valence-corrected chi connectivity index (χ4v) is 2.59. The van der Waals surface area contributed by atoms with Gasteiger partial charge in [-0.15, -0.1) is 10.2 Å². The monoisotopic (exact) mass is 323 g/mol. The van der Waals surface area contributed by atoms with Crippen LogP contribution in [0.25, 0.3) is 10.7 Å². The molecule has 23 heavy (non-hydrogen) atoms. The Morgan fingerprint density at radius 2 is 2.00 bits per heavy atom. The number of nitrogens with zero attached hydrogens (tertiary/aromatic N) is 4. The van der Waals surface area contributed by atoms with Crippen LogP contribution >= 0.6 is 11.3 Å². The molecule has 3 rings (SSSR count). The van der Waals surface area contributed by atoms with E-state index < -0.39 is 0 Å². The van der Waals surface area contributed by atoms with Crippen LogP contribution < -0.4 is 10.1 Å². The summed E-state index contributed by atoms with van der Waals surface area (Å²) < 4.78 is 5.59. The van der Waals surface area contributed by atoms with Crippen molar-refractivity contribution in [3.63, 3.8) is 0 Å². The second-order valence-electron chi connectivity index (χ2n) is 4.54. The molecule has 0 unspecified atom stereocenters. The number of hydrogen-bond donors (Lipinski definition) is 1. The van der Waals surface area contributed by atoms with E-state index in [1.165, 1.54) is 11.3 Å². The molecule has 7 heteroatoms. The number of rotatable bonds is 6. The lowest BCUT2D eigenvalue weighted by Gasteiger charge is -2.06. The van der Waals surface area contributed by atoms with E-state index in [4.69, 9.17) is 10.00 Å². The van der Waals surface area contributed by atoms with Crippen LogP contribution in [-0.4, -0.2) is 28.3 Å². The van der Waals surface area contributed by atoms with E-state index >= 15 is 0 Å². The highest BCUT2D eigenvalue weighted by molar-refractivity contribution is 7.18. The first-order valence-corrected chi connectivity index (χ1v) is 7.78. The van der Waals surface area contributed by atoms with Crippen molar-refractivity contribution in [1.82, 2.24) is 15.2 Å². The molecule has 0 spiro atoms. The summed E-state index contributed by atoms with van der Waals surface area (Å²) in [7, 11) is 0. The number of aromatic nitrogens is 3. The van der Waals surface area contributed by atoms with Crippen molar-refractivity contribution in [2.75, 3.05) is 18.5 Å². The third-order valence-electron chi connectivity index (χ3n) is 2.94. The van der Waals surface area contributed by atoms with Crippen molar-refractivity contribution >= 4 is 16.5 Å². The van der Waals surface area contributed by atoms with Crippen LogP contribution in [0.5, 0.6) is 5.75 Å². The Labute approximate surface area is 137 Å². The predicted octanol–water partition coefficient (Wildman–Crippen LogP) is 2.96. The number of ether oxygens (including phenoxy) is 1. The van der Waals surface area contributed by atoms with Crippen molar-refractivity contribution < 1.29 is 4.74 Å². The highest BCUT2D eigenvalue weighted by atomic mass is 32.1. The number of pyridine rings is 1. The normalized spacial score (nSPS) is 10.0.